The van der Waals surface area contributed by atoms with E-state index in [2.05, 4.69) is 12.0 Å². The molecule has 1 aromatic rings. The summed E-state index contributed by atoms with van der Waals surface area (Å²) in [5, 5.41) is 4.34. The molecule has 0 spiro atoms. The van der Waals surface area contributed by atoms with Gasteiger partial charge in [0.05, 0.1) is 18.4 Å². The Balaban J connectivity index is 2.18. The van der Waals surface area contributed by atoms with Gasteiger partial charge in [0.25, 0.3) is 0 Å². The third-order valence-corrected chi connectivity index (χ3v) is 2.16. The molecule has 1 atom stereocenters. The van der Waals surface area contributed by atoms with E-state index in [1.165, 1.54) is 0 Å². The van der Waals surface area contributed by atoms with Gasteiger partial charge in [-0.2, -0.15) is 5.10 Å². The molecule has 0 amide bonds. The first-order valence-corrected chi connectivity index (χ1v) is 4.52. The van der Waals surface area contributed by atoms with Crippen molar-refractivity contribution in [1.82, 2.24) is 9.78 Å². The lowest BCUT2D eigenvalue weighted by molar-refractivity contribution is 0.148. The first-order chi connectivity index (χ1) is 6.29. The molecule has 0 fully saturated rings. The van der Waals surface area contributed by atoms with Crippen LogP contribution < -0.4 is 4.74 Å². The Bertz CT molecular complexity index is 296. The average molecular weight is 182 g/mol. The van der Waals surface area contributed by atoms with Gasteiger partial charge in [-0.3, -0.25) is 0 Å². The summed E-state index contributed by atoms with van der Waals surface area (Å²) in [5.41, 5.74) is 0.937. The van der Waals surface area contributed by atoms with Crippen molar-refractivity contribution in [2.45, 2.75) is 32.6 Å². The molecule has 2 heterocycles. The van der Waals surface area contributed by atoms with Crippen molar-refractivity contribution >= 4 is 0 Å². The van der Waals surface area contributed by atoms with Crippen molar-refractivity contribution in [3.8, 4) is 5.88 Å². The summed E-state index contributed by atoms with van der Waals surface area (Å²) in [6.45, 7) is 3.57. The van der Waals surface area contributed by atoms with Gasteiger partial charge in [0.15, 0.2) is 0 Å². The minimum absolute atomic E-state index is 0.305. The molecule has 1 aromatic heterocycles. The van der Waals surface area contributed by atoms with Crippen LogP contribution in [0.5, 0.6) is 5.88 Å². The highest BCUT2D eigenvalue weighted by Crippen LogP contribution is 2.21. The zero-order valence-electron chi connectivity index (χ0n) is 7.99. The lowest BCUT2D eigenvalue weighted by Gasteiger charge is -2.20. The maximum atomic E-state index is 5.60. The molecule has 0 N–H and O–H groups in total. The number of aromatic nitrogens is 2. The molecule has 1 aliphatic heterocycles. The first-order valence-electron chi connectivity index (χ1n) is 4.52. The number of hydrogen-bond donors (Lipinski definition) is 0. The zero-order valence-corrected chi connectivity index (χ0v) is 7.99. The Labute approximate surface area is 77.4 Å². The van der Waals surface area contributed by atoms with Crippen LogP contribution in [0.25, 0.3) is 0 Å². The highest BCUT2D eigenvalue weighted by molar-refractivity contribution is 5.17. The highest BCUT2D eigenvalue weighted by Gasteiger charge is 2.17. The van der Waals surface area contributed by atoms with Crippen molar-refractivity contribution in [2.75, 3.05) is 7.11 Å². The number of ether oxygens (including phenoxy) is 2. The Hall–Kier alpha value is -1.03. The maximum absolute atomic E-state index is 5.60. The average Bonchev–Trinajstić information content (AvgIpc) is 2.46. The Kier molecular flexibility index (Phi) is 2.22. The summed E-state index contributed by atoms with van der Waals surface area (Å²) in [6.07, 6.45) is 1.33. The fourth-order valence-electron chi connectivity index (χ4n) is 1.49. The second-order valence-corrected chi connectivity index (χ2v) is 3.35. The first kappa shape index (κ1) is 8.56. The molecule has 0 aromatic carbocycles. The topological polar surface area (TPSA) is 36.3 Å². The Morgan fingerprint density at radius 2 is 2.62 bits per heavy atom. The summed E-state index contributed by atoms with van der Waals surface area (Å²) >= 11 is 0. The standard InChI is InChI=1S/C9H14N2O2/c1-7-3-4-11-9(13-7)5-8(10-11)6-12-2/h5,7H,3-4,6H2,1-2H3. The highest BCUT2D eigenvalue weighted by atomic mass is 16.5. The fraction of sp³-hybridized carbons (Fsp3) is 0.667. The summed E-state index contributed by atoms with van der Waals surface area (Å²) in [7, 11) is 1.67. The molecule has 0 saturated heterocycles. The van der Waals surface area contributed by atoms with Gasteiger partial charge in [0.1, 0.15) is 0 Å². The Morgan fingerprint density at radius 3 is 3.38 bits per heavy atom. The van der Waals surface area contributed by atoms with Gasteiger partial charge in [0, 0.05) is 26.1 Å². The lowest BCUT2D eigenvalue weighted by Crippen LogP contribution is -2.22. The van der Waals surface area contributed by atoms with Crippen LogP contribution in [0.4, 0.5) is 0 Å². The monoisotopic (exact) mass is 182 g/mol. The minimum atomic E-state index is 0.305. The minimum Gasteiger partial charge on any atom is -0.475 e. The molecule has 0 aliphatic carbocycles. The van der Waals surface area contributed by atoms with Crippen LogP contribution in [0, 0.1) is 0 Å². The molecule has 0 bridgehead atoms. The van der Waals surface area contributed by atoms with Crippen molar-refractivity contribution in [1.29, 1.82) is 0 Å². The third kappa shape index (κ3) is 1.67. The Morgan fingerprint density at radius 1 is 1.77 bits per heavy atom. The van der Waals surface area contributed by atoms with Crippen LogP contribution in [0.2, 0.25) is 0 Å². The number of aryl methyl sites for hydroxylation is 1. The SMILES string of the molecule is COCc1cc2n(n1)CCC(C)O2. The van der Waals surface area contributed by atoms with Crippen molar-refractivity contribution < 1.29 is 9.47 Å². The third-order valence-electron chi connectivity index (χ3n) is 2.16. The normalized spacial score (nSPS) is 20.9. The summed E-state index contributed by atoms with van der Waals surface area (Å²) < 4.78 is 12.5. The van der Waals surface area contributed by atoms with Crippen LogP contribution in [0.15, 0.2) is 6.07 Å². The van der Waals surface area contributed by atoms with Gasteiger partial charge in [-0.25, -0.2) is 4.68 Å². The van der Waals surface area contributed by atoms with E-state index in [1.54, 1.807) is 7.11 Å². The molecule has 4 nitrogen and oxygen atoms in total. The summed E-state index contributed by atoms with van der Waals surface area (Å²) in [4.78, 5) is 0. The molecular weight excluding hydrogens is 168 g/mol. The molecule has 72 valence electrons. The second kappa shape index (κ2) is 3.38. The van der Waals surface area contributed by atoms with Crippen LogP contribution in [-0.4, -0.2) is 23.0 Å². The van der Waals surface area contributed by atoms with Crippen LogP contribution in [0.1, 0.15) is 19.0 Å². The lowest BCUT2D eigenvalue weighted by atomic mass is 10.2. The molecule has 4 heteroatoms. The van der Waals surface area contributed by atoms with Gasteiger partial charge in [-0.1, -0.05) is 0 Å². The van der Waals surface area contributed by atoms with E-state index in [-0.39, 0.29) is 0 Å². The molecule has 13 heavy (non-hydrogen) atoms. The number of rotatable bonds is 2. The molecule has 1 unspecified atom stereocenters. The van der Waals surface area contributed by atoms with Gasteiger partial charge < -0.3 is 9.47 Å². The fourth-order valence-corrected chi connectivity index (χ4v) is 1.49. The van der Waals surface area contributed by atoms with Gasteiger partial charge in [-0.05, 0) is 6.92 Å². The van der Waals surface area contributed by atoms with E-state index < -0.39 is 0 Å². The summed E-state index contributed by atoms with van der Waals surface area (Å²) in [6, 6.07) is 1.94. The van der Waals surface area contributed by atoms with E-state index in [0.29, 0.717) is 12.7 Å². The van der Waals surface area contributed by atoms with E-state index in [1.807, 2.05) is 10.7 Å². The van der Waals surface area contributed by atoms with Crippen molar-refractivity contribution in [2.24, 2.45) is 0 Å². The van der Waals surface area contributed by atoms with E-state index in [0.717, 1.165) is 24.5 Å². The van der Waals surface area contributed by atoms with E-state index in [9.17, 15) is 0 Å². The second-order valence-electron chi connectivity index (χ2n) is 3.35. The van der Waals surface area contributed by atoms with E-state index >= 15 is 0 Å². The van der Waals surface area contributed by atoms with Gasteiger partial charge >= 0.3 is 0 Å². The number of fused-ring (bicyclic) bond motifs is 1. The van der Waals surface area contributed by atoms with Crippen molar-refractivity contribution in [3.05, 3.63) is 11.8 Å². The van der Waals surface area contributed by atoms with Crippen LogP contribution in [0.3, 0.4) is 0 Å². The quantitative estimate of drug-likeness (QED) is 0.689. The summed E-state index contributed by atoms with van der Waals surface area (Å²) in [5.74, 6) is 0.866. The van der Waals surface area contributed by atoms with Crippen molar-refractivity contribution in [3.63, 3.8) is 0 Å². The zero-order chi connectivity index (χ0) is 9.26. The predicted molar refractivity (Wildman–Crippen MR) is 47.6 cm³/mol. The molecule has 2 rings (SSSR count). The largest absolute Gasteiger partial charge is 0.475 e. The number of nitrogens with zero attached hydrogens (tertiary/aromatic N) is 2. The number of hydrogen-bond acceptors (Lipinski definition) is 3. The van der Waals surface area contributed by atoms with Crippen LogP contribution in [-0.2, 0) is 17.9 Å². The number of methoxy groups -OCH3 is 1. The molecule has 1 aliphatic rings. The van der Waals surface area contributed by atoms with Gasteiger partial charge in [-0.15, -0.1) is 0 Å². The predicted octanol–water partition coefficient (Wildman–Crippen LogP) is 1.20. The molecular formula is C9H14N2O2. The van der Waals surface area contributed by atoms with E-state index in [4.69, 9.17) is 9.47 Å². The smallest absolute Gasteiger partial charge is 0.212 e. The maximum Gasteiger partial charge on any atom is 0.212 e. The molecule has 0 radical (unpaired) electrons. The molecule has 0 saturated carbocycles. The van der Waals surface area contributed by atoms with Crippen LogP contribution >= 0.6 is 0 Å². The van der Waals surface area contributed by atoms with Gasteiger partial charge in [0.2, 0.25) is 5.88 Å².